The van der Waals surface area contributed by atoms with Crippen molar-refractivity contribution in [1.29, 1.82) is 0 Å². The van der Waals surface area contributed by atoms with E-state index in [2.05, 4.69) is 25.7 Å². The van der Waals surface area contributed by atoms with Crippen molar-refractivity contribution in [3.63, 3.8) is 0 Å². The Hall–Kier alpha value is -1.82. The highest BCUT2D eigenvalue weighted by atomic mass is 16.5. The normalized spacial score (nSPS) is 10.8. The Morgan fingerprint density at radius 3 is 2.83 bits per heavy atom. The van der Waals surface area contributed by atoms with Crippen molar-refractivity contribution in [1.82, 2.24) is 25.7 Å². The Balaban J connectivity index is 2.30. The standard InChI is InChI=1S/C12H17N5O/c1-4-10-9(6-8(3)15-16-10)12-14-11(17-18-12)7-13-5-2/h6,13H,4-5,7H2,1-3H3. The number of hydrogen-bond donors (Lipinski definition) is 1. The van der Waals surface area contributed by atoms with Crippen LogP contribution in [0.2, 0.25) is 0 Å². The monoisotopic (exact) mass is 247 g/mol. The van der Waals surface area contributed by atoms with Crippen LogP contribution in [0.15, 0.2) is 10.6 Å². The molecular formula is C12H17N5O. The van der Waals surface area contributed by atoms with Crippen LogP contribution in [0.1, 0.15) is 31.1 Å². The summed E-state index contributed by atoms with van der Waals surface area (Å²) in [6.07, 6.45) is 0.785. The van der Waals surface area contributed by atoms with E-state index >= 15 is 0 Å². The van der Waals surface area contributed by atoms with Crippen molar-refractivity contribution in [2.24, 2.45) is 0 Å². The second-order valence-corrected chi connectivity index (χ2v) is 4.00. The van der Waals surface area contributed by atoms with Crippen LogP contribution in [0.3, 0.4) is 0 Å². The maximum Gasteiger partial charge on any atom is 0.259 e. The second-order valence-electron chi connectivity index (χ2n) is 4.00. The van der Waals surface area contributed by atoms with Gasteiger partial charge in [0.1, 0.15) is 0 Å². The van der Waals surface area contributed by atoms with Gasteiger partial charge in [0.15, 0.2) is 5.82 Å². The molecule has 0 amide bonds. The lowest BCUT2D eigenvalue weighted by Gasteiger charge is -2.01. The highest BCUT2D eigenvalue weighted by molar-refractivity contribution is 5.56. The van der Waals surface area contributed by atoms with E-state index < -0.39 is 0 Å². The van der Waals surface area contributed by atoms with Crippen LogP contribution < -0.4 is 5.32 Å². The fourth-order valence-electron chi connectivity index (χ4n) is 1.63. The van der Waals surface area contributed by atoms with Crippen LogP contribution >= 0.6 is 0 Å². The largest absolute Gasteiger partial charge is 0.334 e. The zero-order chi connectivity index (χ0) is 13.0. The molecule has 0 aliphatic carbocycles. The van der Waals surface area contributed by atoms with Crippen LogP contribution in [0.4, 0.5) is 0 Å². The number of nitrogens with zero attached hydrogens (tertiary/aromatic N) is 4. The number of aryl methyl sites for hydroxylation is 2. The summed E-state index contributed by atoms with van der Waals surface area (Å²) in [6.45, 7) is 7.44. The highest BCUT2D eigenvalue weighted by Crippen LogP contribution is 2.21. The van der Waals surface area contributed by atoms with Gasteiger partial charge in [-0.3, -0.25) is 0 Å². The van der Waals surface area contributed by atoms with E-state index in [0.717, 1.165) is 29.9 Å². The third kappa shape index (κ3) is 2.70. The molecule has 0 aliphatic rings. The van der Waals surface area contributed by atoms with E-state index in [1.165, 1.54) is 0 Å². The zero-order valence-corrected chi connectivity index (χ0v) is 10.9. The molecule has 2 aromatic heterocycles. The molecule has 0 bridgehead atoms. The van der Waals surface area contributed by atoms with E-state index in [4.69, 9.17) is 4.52 Å². The first-order valence-electron chi connectivity index (χ1n) is 6.11. The molecule has 1 N–H and O–H groups in total. The molecule has 6 heteroatoms. The SMILES string of the molecule is CCNCc1noc(-c2cc(C)nnc2CC)n1. The minimum atomic E-state index is 0.512. The van der Waals surface area contributed by atoms with Gasteiger partial charge in [-0.25, -0.2) is 0 Å². The van der Waals surface area contributed by atoms with Gasteiger partial charge in [-0.1, -0.05) is 19.0 Å². The van der Waals surface area contributed by atoms with Gasteiger partial charge in [0.25, 0.3) is 5.89 Å². The van der Waals surface area contributed by atoms with Crippen LogP contribution in [-0.4, -0.2) is 26.9 Å². The average Bonchev–Trinajstić information content (AvgIpc) is 2.85. The summed E-state index contributed by atoms with van der Waals surface area (Å²) in [5.41, 5.74) is 2.59. The zero-order valence-electron chi connectivity index (χ0n) is 10.9. The number of hydrogen-bond acceptors (Lipinski definition) is 6. The fourth-order valence-corrected chi connectivity index (χ4v) is 1.63. The molecule has 0 aromatic carbocycles. The van der Waals surface area contributed by atoms with E-state index in [1.807, 2.05) is 26.8 Å². The van der Waals surface area contributed by atoms with E-state index in [0.29, 0.717) is 18.3 Å². The molecule has 2 aromatic rings. The quantitative estimate of drug-likeness (QED) is 0.863. The van der Waals surface area contributed by atoms with Crippen molar-refractivity contribution in [2.75, 3.05) is 6.54 Å². The highest BCUT2D eigenvalue weighted by Gasteiger charge is 2.14. The number of nitrogens with one attached hydrogen (secondary N) is 1. The lowest BCUT2D eigenvalue weighted by atomic mass is 10.1. The first kappa shape index (κ1) is 12.6. The van der Waals surface area contributed by atoms with Crippen molar-refractivity contribution in [3.05, 3.63) is 23.3 Å². The smallest absolute Gasteiger partial charge is 0.259 e. The van der Waals surface area contributed by atoms with Crippen LogP contribution in [0.25, 0.3) is 11.5 Å². The molecule has 6 nitrogen and oxygen atoms in total. The van der Waals surface area contributed by atoms with Crippen LogP contribution in [0, 0.1) is 6.92 Å². The predicted molar refractivity (Wildman–Crippen MR) is 66.8 cm³/mol. The molecule has 0 saturated heterocycles. The first-order chi connectivity index (χ1) is 8.74. The molecule has 2 heterocycles. The Bertz CT molecular complexity index is 523. The van der Waals surface area contributed by atoms with E-state index in [1.54, 1.807) is 0 Å². The molecule has 0 fully saturated rings. The first-order valence-corrected chi connectivity index (χ1v) is 6.11. The van der Waals surface area contributed by atoms with Gasteiger partial charge in [-0.05, 0) is 26.0 Å². The number of rotatable bonds is 5. The van der Waals surface area contributed by atoms with Gasteiger partial charge >= 0.3 is 0 Å². The molecule has 0 aliphatic heterocycles. The molecule has 0 atom stereocenters. The molecule has 0 unspecified atom stereocenters. The molecule has 18 heavy (non-hydrogen) atoms. The maximum absolute atomic E-state index is 5.28. The summed E-state index contributed by atoms with van der Waals surface area (Å²) < 4.78 is 5.28. The Kier molecular flexibility index (Phi) is 3.99. The summed E-state index contributed by atoms with van der Waals surface area (Å²) in [5.74, 6) is 1.17. The minimum absolute atomic E-state index is 0.512. The minimum Gasteiger partial charge on any atom is -0.334 e. The molecular weight excluding hydrogens is 230 g/mol. The van der Waals surface area contributed by atoms with Crippen LogP contribution in [0.5, 0.6) is 0 Å². The fraction of sp³-hybridized carbons (Fsp3) is 0.500. The molecule has 0 radical (unpaired) electrons. The molecule has 0 spiro atoms. The number of aromatic nitrogens is 4. The van der Waals surface area contributed by atoms with Crippen LogP contribution in [-0.2, 0) is 13.0 Å². The third-order valence-corrected chi connectivity index (χ3v) is 2.56. The van der Waals surface area contributed by atoms with Crippen molar-refractivity contribution in [3.8, 4) is 11.5 Å². The average molecular weight is 247 g/mol. The molecule has 2 rings (SSSR count). The third-order valence-electron chi connectivity index (χ3n) is 2.56. The van der Waals surface area contributed by atoms with E-state index in [9.17, 15) is 0 Å². The Morgan fingerprint density at radius 1 is 1.28 bits per heavy atom. The van der Waals surface area contributed by atoms with E-state index in [-0.39, 0.29) is 0 Å². The van der Waals surface area contributed by atoms with Crippen molar-refractivity contribution >= 4 is 0 Å². The van der Waals surface area contributed by atoms with Gasteiger partial charge < -0.3 is 9.84 Å². The predicted octanol–water partition coefficient (Wildman–Crippen LogP) is 1.51. The topological polar surface area (TPSA) is 76.7 Å². The summed E-state index contributed by atoms with van der Waals surface area (Å²) >= 11 is 0. The second kappa shape index (κ2) is 5.68. The van der Waals surface area contributed by atoms with Gasteiger partial charge in [0.2, 0.25) is 0 Å². The van der Waals surface area contributed by atoms with Gasteiger partial charge in [-0.15, -0.1) is 0 Å². The van der Waals surface area contributed by atoms with Gasteiger partial charge in [-0.2, -0.15) is 15.2 Å². The Labute approximate surface area is 106 Å². The molecule has 96 valence electrons. The summed E-state index contributed by atoms with van der Waals surface area (Å²) in [5, 5.41) is 15.3. The summed E-state index contributed by atoms with van der Waals surface area (Å²) in [7, 11) is 0. The Morgan fingerprint density at radius 2 is 2.11 bits per heavy atom. The maximum atomic E-state index is 5.28. The summed E-state index contributed by atoms with van der Waals surface area (Å²) in [6, 6.07) is 1.93. The van der Waals surface area contributed by atoms with Gasteiger partial charge in [0, 0.05) is 0 Å². The lowest BCUT2D eigenvalue weighted by molar-refractivity contribution is 0.419. The molecule has 0 saturated carbocycles. The van der Waals surface area contributed by atoms with Crippen molar-refractivity contribution < 1.29 is 4.52 Å². The lowest BCUT2D eigenvalue weighted by Crippen LogP contribution is -2.12. The summed E-state index contributed by atoms with van der Waals surface area (Å²) in [4.78, 5) is 4.36. The van der Waals surface area contributed by atoms with Gasteiger partial charge in [0.05, 0.1) is 23.5 Å². The van der Waals surface area contributed by atoms with Crippen molar-refractivity contribution in [2.45, 2.75) is 33.7 Å².